The molecular weight excluding hydrogens is 267 g/mol. The molecule has 20 heavy (non-hydrogen) atoms. The van der Waals surface area contributed by atoms with Crippen molar-refractivity contribution < 1.29 is 18.0 Å². The third-order valence-electron chi connectivity index (χ3n) is 3.63. The number of hydrogen-bond acceptors (Lipinski definition) is 1. The molecule has 1 aromatic rings. The Morgan fingerprint density at radius 2 is 2.00 bits per heavy atom. The highest BCUT2D eigenvalue weighted by Gasteiger charge is 2.37. The van der Waals surface area contributed by atoms with E-state index in [4.69, 9.17) is 0 Å². The van der Waals surface area contributed by atoms with Gasteiger partial charge in [0.05, 0.1) is 12.1 Å². The highest BCUT2D eigenvalue weighted by atomic mass is 19.1. The molecule has 1 fully saturated rings. The Balaban J connectivity index is 2.40. The fraction of sp³-hybridized carbons (Fsp3) is 0.533. The monoisotopic (exact) mass is 285 g/mol. The Labute approximate surface area is 116 Å². The van der Waals surface area contributed by atoms with Gasteiger partial charge in [-0.15, -0.1) is 0 Å². The van der Waals surface area contributed by atoms with Crippen LogP contribution in [0.1, 0.15) is 49.0 Å². The van der Waals surface area contributed by atoms with E-state index in [0.29, 0.717) is 11.6 Å². The summed E-state index contributed by atoms with van der Waals surface area (Å²) < 4.78 is 41.1. The molecule has 1 unspecified atom stereocenters. The van der Waals surface area contributed by atoms with E-state index in [1.54, 1.807) is 13.8 Å². The number of halogens is 3. The van der Waals surface area contributed by atoms with Crippen molar-refractivity contribution >= 4 is 5.91 Å². The van der Waals surface area contributed by atoms with Gasteiger partial charge in [0, 0.05) is 19.0 Å². The first-order valence-electron chi connectivity index (χ1n) is 6.68. The molecule has 0 N–H and O–H groups in total. The minimum absolute atomic E-state index is 0.0554. The summed E-state index contributed by atoms with van der Waals surface area (Å²) in [6, 6.07) is 1.87. The second-order valence-electron chi connectivity index (χ2n) is 5.90. The molecule has 0 aromatic heterocycles. The fourth-order valence-corrected chi connectivity index (χ4v) is 2.53. The number of nitrogens with zero attached hydrogens (tertiary/aromatic N) is 1. The third-order valence-corrected chi connectivity index (χ3v) is 3.63. The second-order valence-corrected chi connectivity index (χ2v) is 5.90. The molecule has 1 aromatic carbocycles. The van der Waals surface area contributed by atoms with Crippen LogP contribution in [0, 0.1) is 11.6 Å². The maximum absolute atomic E-state index is 14.0. The second kappa shape index (κ2) is 5.11. The van der Waals surface area contributed by atoms with Crippen LogP contribution in [0.4, 0.5) is 13.2 Å². The number of hydrogen-bond donors (Lipinski definition) is 0. The number of carbonyl (C=O) groups is 1. The Hall–Kier alpha value is -1.52. The molecule has 110 valence electrons. The molecule has 0 bridgehead atoms. The lowest BCUT2D eigenvalue weighted by Crippen LogP contribution is -2.33. The van der Waals surface area contributed by atoms with Gasteiger partial charge in [0.25, 0.3) is 5.91 Å². The van der Waals surface area contributed by atoms with Crippen molar-refractivity contribution in [3.63, 3.8) is 0 Å². The van der Waals surface area contributed by atoms with Crippen molar-refractivity contribution in [3.05, 3.63) is 34.9 Å². The van der Waals surface area contributed by atoms with Crippen molar-refractivity contribution in [2.24, 2.45) is 0 Å². The van der Waals surface area contributed by atoms with Crippen LogP contribution >= 0.6 is 0 Å². The lowest BCUT2D eigenvalue weighted by Gasteiger charge is -2.21. The average Bonchev–Trinajstić information content (AvgIpc) is 2.68. The largest absolute Gasteiger partial charge is 0.335 e. The predicted molar refractivity (Wildman–Crippen MR) is 70.5 cm³/mol. The van der Waals surface area contributed by atoms with E-state index in [-0.39, 0.29) is 31.0 Å². The van der Waals surface area contributed by atoms with Crippen LogP contribution in [0.25, 0.3) is 0 Å². The highest BCUT2D eigenvalue weighted by molar-refractivity contribution is 5.96. The molecule has 0 radical (unpaired) electrons. The molecule has 1 aliphatic heterocycles. The minimum atomic E-state index is -1.44. The normalized spacial score (nSPS) is 22.6. The highest BCUT2D eigenvalue weighted by Crippen LogP contribution is 2.29. The Morgan fingerprint density at radius 3 is 2.50 bits per heavy atom. The van der Waals surface area contributed by atoms with E-state index < -0.39 is 23.2 Å². The van der Waals surface area contributed by atoms with Crippen LogP contribution in [0.3, 0.4) is 0 Å². The summed E-state index contributed by atoms with van der Waals surface area (Å²) in [6.07, 6.45) is 0.235. The summed E-state index contributed by atoms with van der Waals surface area (Å²) in [5.74, 6) is -2.35. The number of likely N-dealkylation sites (tertiary alicyclic amines) is 1. The van der Waals surface area contributed by atoms with Gasteiger partial charge in [-0.2, -0.15) is 0 Å². The number of alkyl halides is 1. The Morgan fingerprint density at radius 1 is 1.35 bits per heavy atom. The van der Waals surface area contributed by atoms with Gasteiger partial charge < -0.3 is 4.90 Å². The summed E-state index contributed by atoms with van der Waals surface area (Å²) in [6.45, 7) is 5.13. The first kappa shape index (κ1) is 14.9. The van der Waals surface area contributed by atoms with Crippen molar-refractivity contribution in [1.29, 1.82) is 0 Å². The van der Waals surface area contributed by atoms with Crippen LogP contribution in [0.5, 0.6) is 0 Å². The van der Waals surface area contributed by atoms with E-state index in [2.05, 4.69) is 0 Å². The van der Waals surface area contributed by atoms with Gasteiger partial charge in [0.15, 0.2) is 0 Å². The molecule has 1 heterocycles. The molecule has 0 saturated carbocycles. The predicted octanol–water partition coefficient (Wildman–Crippen LogP) is 3.66. The molecule has 0 aliphatic carbocycles. The minimum Gasteiger partial charge on any atom is -0.335 e. The topological polar surface area (TPSA) is 20.3 Å². The Bertz CT molecular complexity index is 540. The van der Waals surface area contributed by atoms with Gasteiger partial charge in [-0.3, -0.25) is 4.79 Å². The summed E-state index contributed by atoms with van der Waals surface area (Å²) in [4.78, 5) is 13.7. The molecule has 2 rings (SSSR count). The van der Waals surface area contributed by atoms with Crippen molar-refractivity contribution in [3.8, 4) is 0 Å². The summed E-state index contributed by atoms with van der Waals surface area (Å²) in [7, 11) is 0. The maximum Gasteiger partial charge on any atom is 0.257 e. The third kappa shape index (κ3) is 2.81. The van der Waals surface area contributed by atoms with E-state index >= 15 is 0 Å². The van der Waals surface area contributed by atoms with Crippen molar-refractivity contribution in [2.75, 3.05) is 13.1 Å². The molecule has 2 nitrogen and oxygen atoms in total. The fourth-order valence-electron chi connectivity index (χ4n) is 2.53. The van der Waals surface area contributed by atoms with Gasteiger partial charge in [-0.1, -0.05) is 13.8 Å². The first-order chi connectivity index (χ1) is 9.21. The van der Waals surface area contributed by atoms with Gasteiger partial charge >= 0.3 is 0 Å². The zero-order valence-corrected chi connectivity index (χ0v) is 11.8. The number of amides is 1. The summed E-state index contributed by atoms with van der Waals surface area (Å²) in [5.41, 5.74) is -1.26. The molecule has 1 atom stereocenters. The smallest absolute Gasteiger partial charge is 0.257 e. The van der Waals surface area contributed by atoms with E-state index in [1.807, 2.05) is 0 Å². The molecular formula is C15H18F3NO. The molecule has 5 heteroatoms. The van der Waals surface area contributed by atoms with Gasteiger partial charge in [0.1, 0.15) is 17.3 Å². The van der Waals surface area contributed by atoms with Crippen molar-refractivity contribution in [2.45, 2.75) is 38.8 Å². The van der Waals surface area contributed by atoms with Gasteiger partial charge in [-0.25, -0.2) is 13.2 Å². The van der Waals surface area contributed by atoms with E-state index in [9.17, 15) is 18.0 Å². The molecule has 1 aliphatic rings. The van der Waals surface area contributed by atoms with Crippen LogP contribution in [-0.4, -0.2) is 29.6 Å². The standard InChI is InChI=1S/C15H18F3NO/c1-9(2)11-6-10(16)7-12(17)13(11)14(20)19-5-4-15(3,18)8-19/h6-7,9H,4-5,8H2,1-3H3. The lowest BCUT2D eigenvalue weighted by atomic mass is 9.95. The summed E-state index contributed by atoms with van der Waals surface area (Å²) in [5, 5.41) is 0. The number of benzene rings is 1. The SMILES string of the molecule is CC(C)c1cc(F)cc(F)c1C(=O)N1CCC(C)(F)C1. The van der Waals surface area contributed by atoms with Crippen LogP contribution < -0.4 is 0 Å². The van der Waals surface area contributed by atoms with Gasteiger partial charge in [-0.05, 0) is 24.5 Å². The first-order valence-corrected chi connectivity index (χ1v) is 6.68. The van der Waals surface area contributed by atoms with Gasteiger partial charge in [0.2, 0.25) is 0 Å². The maximum atomic E-state index is 14.0. The van der Waals surface area contributed by atoms with Crippen molar-refractivity contribution in [1.82, 2.24) is 4.90 Å². The van der Waals surface area contributed by atoms with Crippen LogP contribution in [0.15, 0.2) is 12.1 Å². The zero-order valence-electron chi connectivity index (χ0n) is 11.8. The molecule has 1 saturated heterocycles. The lowest BCUT2D eigenvalue weighted by molar-refractivity contribution is 0.0754. The zero-order chi connectivity index (χ0) is 15.1. The van der Waals surface area contributed by atoms with Crippen LogP contribution in [-0.2, 0) is 0 Å². The number of rotatable bonds is 2. The van der Waals surface area contributed by atoms with Crippen LogP contribution in [0.2, 0.25) is 0 Å². The van der Waals surface area contributed by atoms with E-state index in [0.717, 1.165) is 0 Å². The quantitative estimate of drug-likeness (QED) is 0.812. The molecule has 0 spiro atoms. The molecule has 1 amide bonds. The summed E-state index contributed by atoms with van der Waals surface area (Å²) >= 11 is 0. The number of carbonyl (C=O) groups excluding carboxylic acids is 1. The Kier molecular flexibility index (Phi) is 3.80. The average molecular weight is 285 g/mol. The van der Waals surface area contributed by atoms with E-state index in [1.165, 1.54) is 17.9 Å².